The van der Waals surface area contributed by atoms with Crippen molar-refractivity contribution in [2.45, 2.75) is 13.8 Å². The van der Waals surface area contributed by atoms with E-state index in [0.717, 1.165) is 0 Å². The first kappa shape index (κ1) is 28.6. The summed E-state index contributed by atoms with van der Waals surface area (Å²) < 4.78 is 1.88. The minimum Gasteiger partial charge on any atom is -0.358 e. The molecular weight excluding hydrogens is 536 g/mol. The quantitative estimate of drug-likeness (QED) is 0.184. The normalized spacial score (nSPS) is 9.52. The van der Waals surface area contributed by atoms with Gasteiger partial charge in [-0.1, -0.05) is 60.7 Å². The van der Waals surface area contributed by atoms with Gasteiger partial charge in [0.1, 0.15) is 0 Å². The SMILES string of the molecule is CC(C)=C[CH]=[Ru]([Cl])[Cl].[CH3-].c1ccc(-c2ccncc2)cc1.c1ccc(-c2ccncc2)cc1. The predicted molar refractivity (Wildman–Crippen MR) is 143 cm³/mol. The molecule has 0 bridgehead atoms. The summed E-state index contributed by atoms with van der Waals surface area (Å²) in [7, 11) is 11.1. The van der Waals surface area contributed by atoms with Gasteiger partial charge >= 0.3 is 63.0 Å². The van der Waals surface area contributed by atoms with Crippen molar-refractivity contribution in [3.63, 3.8) is 0 Å². The molecule has 0 atom stereocenters. The number of rotatable bonds is 3. The van der Waals surface area contributed by atoms with Gasteiger partial charge in [-0.15, -0.1) is 0 Å². The second-order valence-corrected chi connectivity index (χ2v) is 12.6. The molecule has 2 nitrogen and oxygen atoms in total. The Bertz CT molecular complexity index is 912. The van der Waals surface area contributed by atoms with E-state index >= 15 is 0 Å². The van der Waals surface area contributed by atoms with Crippen LogP contribution in [0.1, 0.15) is 13.8 Å². The van der Waals surface area contributed by atoms with Crippen LogP contribution in [0.3, 0.4) is 0 Å². The van der Waals surface area contributed by atoms with Gasteiger partial charge in [-0.3, -0.25) is 9.97 Å². The summed E-state index contributed by atoms with van der Waals surface area (Å²) in [5, 5.41) is 0. The van der Waals surface area contributed by atoms with E-state index in [1.807, 2.05) is 110 Å². The van der Waals surface area contributed by atoms with Crippen molar-refractivity contribution in [2.75, 3.05) is 0 Å². The van der Waals surface area contributed by atoms with Crippen LogP contribution < -0.4 is 0 Å². The van der Waals surface area contributed by atoms with E-state index in [0.29, 0.717) is 0 Å². The average Bonchev–Trinajstić information content (AvgIpc) is 2.86. The maximum absolute atomic E-state index is 5.53. The third kappa shape index (κ3) is 12.4. The average molecular weight is 566 g/mol. The molecule has 4 rings (SSSR count). The number of hydrogen-bond acceptors (Lipinski definition) is 2. The minimum absolute atomic E-state index is 0. The molecule has 0 aliphatic heterocycles. The van der Waals surface area contributed by atoms with Crippen LogP contribution in [0.5, 0.6) is 0 Å². The molecule has 0 radical (unpaired) electrons. The zero-order valence-electron chi connectivity index (χ0n) is 19.1. The molecule has 174 valence electrons. The molecule has 0 saturated heterocycles. The number of nitrogens with zero attached hydrogens (tertiary/aromatic N) is 2. The topological polar surface area (TPSA) is 25.8 Å². The third-order valence-corrected chi connectivity index (χ3v) is 5.84. The Kier molecular flexibility index (Phi) is 14.8. The van der Waals surface area contributed by atoms with Crippen LogP contribution in [0.15, 0.2) is 121 Å². The van der Waals surface area contributed by atoms with Crippen LogP contribution in [0.25, 0.3) is 22.3 Å². The first-order valence-corrected chi connectivity index (χ1v) is 15.4. The Morgan fingerprint density at radius 3 is 1.21 bits per heavy atom. The van der Waals surface area contributed by atoms with Crippen LogP contribution in [0.4, 0.5) is 0 Å². The van der Waals surface area contributed by atoms with Gasteiger partial charge in [0.2, 0.25) is 0 Å². The van der Waals surface area contributed by atoms with Crippen molar-refractivity contribution in [3.8, 4) is 22.3 Å². The largest absolute Gasteiger partial charge is 0.358 e. The smallest absolute Gasteiger partial charge is 0.0273 e. The van der Waals surface area contributed by atoms with Crippen molar-refractivity contribution < 1.29 is 13.5 Å². The zero-order valence-corrected chi connectivity index (χ0v) is 22.3. The van der Waals surface area contributed by atoms with Gasteiger partial charge in [-0.2, -0.15) is 0 Å². The van der Waals surface area contributed by atoms with Gasteiger partial charge in [0.25, 0.3) is 0 Å². The van der Waals surface area contributed by atoms with E-state index in [2.05, 4.69) is 34.2 Å². The fourth-order valence-corrected chi connectivity index (χ4v) is 3.84. The van der Waals surface area contributed by atoms with E-state index in [1.165, 1.54) is 27.8 Å². The molecule has 2 heterocycles. The van der Waals surface area contributed by atoms with Gasteiger partial charge in [0.05, 0.1) is 0 Å². The number of hydrogen-bond donors (Lipinski definition) is 0. The number of benzene rings is 2. The van der Waals surface area contributed by atoms with Crippen LogP contribution in [0, 0.1) is 7.43 Å². The number of pyridine rings is 2. The molecule has 0 N–H and O–H groups in total. The fraction of sp³-hybridized carbons (Fsp3) is 0.0714. The van der Waals surface area contributed by atoms with Gasteiger partial charge < -0.3 is 7.43 Å². The summed E-state index contributed by atoms with van der Waals surface area (Å²) in [5.74, 6) is 0. The molecule has 0 unspecified atom stereocenters. The van der Waals surface area contributed by atoms with E-state index < -0.39 is 13.5 Å². The molecule has 4 aromatic rings. The zero-order chi connectivity index (χ0) is 23.0. The molecule has 0 aliphatic carbocycles. The molecular formula is C28H29Cl2N2Ru-. The molecule has 33 heavy (non-hydrogen) atoms. The maximum Gasteiger partial charge on any atom is 0.0273 e. The summed E-state index contributed by atoms with van der Waals surface area (Å²) in [6.45, 7) is 4.03. The van der Waals surface area contributed by atoms with Gasteiger partial charge in [0.15, 0.2) is 0 Å². The van der Waals surface area contributed by atoms with E-state index in [1.54, 1.807) is 0 Å². The minimum atomic E-state index is -1.52. The third-order valence-electron chi connectivity index (χ3n) is 4.06. The summed E-state index contributed by atoms with van der Waals surface area (Å²) in [5.41, 5.74) is 6.14. The molecule has 0 fully saturated rings. The molecule has 2 aromatic carbocycles. The Morgan fingerprint density at radius 2 is 0.939 bits per heavy atom. The van der Waals surface area contributed by atoms with Crippen molar-refractivity contribution in [1.29, 1.82) is 0 Å². The monoisotopic (exact) mass is 565 g/mol. The maximum atomic E-state index is 5.53. The number of halogens is 2. The standard InChI is InChI=1S/2C11H9N.C5H8.CH3.2ClH.Ru/c2*1-2-4-10(5-3-1)11-6-8-12-9-7-11;1-4-5(2)3;;;;/h2*1-9H;1,4H,2-3H3;1H3;2*1H;/q;;;-1;;;+2/p-2. The summed E-state index contributed by atoms with van der Waals surface area (Å²) >= 11 is -1.52. The molecule has 2 aromatic heterocycles. The van der Waals surface area contributed by atoms with Crippen LogP contribution in [-0.4, -0.2) is 14.6 Å². The van der Waals surface area contributed by atoms with E-state index in [9.17, 15) is 0 Å². The molecule has 0 amide bonds. The van der Waals surface area contributed by atoms with Crippen molar-refractivity contribution >= 4 is 24.0 Å². The number of aromatic nitrogens is 2. The Labute approximate surface area is 211 Å². The predicted octanol–water partition coefficient (Wildman–Crippen LogP) is 8.63. The fourth-order valence-electron chi connectivity index (χ4n) is 2.51. The first-order chi connectivity index (χ1) is 15.6. The van der Waals surface area contributed by atoms with Gasteiger partial charge in [0, 0.05) is 24.8 Å². The van der Waals surface area contributed by atoms with Crippen LogP contribution >= 0.6 is 19.4 Å². The van der Waals surface area contributed by atoms with E-state index in [4.69, 9.17) is 19.4 Å². The summed E-state index contributed by atoms with van der Waals surface area (Å²) in [6, 6.07) is 28.6. The van der Waals surface area contributed by atoms with E-state index in [-0.39, 0.29) is 7.43 Å². The molecule has 0 spiro atoms. The van der Waals surface area contributed by atoms with Crippen molar-refractivity contribution in [2.24, 2.45) is 0 Å². The molecule has 5 heteroatoms. The van der Waals surface area contributed by atoms with Crippen molar-refractivity contribution in [1.82, 2.24) is 9.97 Å². The Morgan fingerprint density at radius 1 is 0.606 bits per heavy atom. The van der Waals surface area contributed by atoms with Gasteiger partial charge in [-0.25, -0.2) is 0 Å². The van der Waals surface area contributed by atoms with Crippen LogP contribution in [-0.2, 0) is 13.5 Å². The second kappa shape index (κ2) is 17.1. The number of allylic oxidation sites excluding steroid dienone is 2. The Hall–Kier alpha value is -2.45. The molecule has 0 aliphatic rings. The summed E-state index contributed by atoms with van der Waals surface area (Å²) in [6.07, 6.45) is 9.19. The summed E-state index contributed by atoms with van der Waals surface area (Å²) in [4.78, 5) is 7.94. The second-order valence-electron chi connectivity index (χ2n) is 6.77. The first-order valence-electron chi connectivity index (χ1n) is 9.94. The Balaban J connectivity index is 0.000000250. The van der Waals surface area contributed by atoms with Crippen molar-refractivity contribution in [3.05, 3.63) is 129 Å². The molecule has 0 saturated carbocycles. The van der Waals surface area contributed by atoms with Gasteiger partial charge in [-0.05, 0) is 46.5 Å². The van der Waals surface area contributed by atoms with Crippen LogP contribution in [0.2, 0.25) is 0 Å².